The van der Waals surface area contributed by atoms with E-state index in [0.29, 0.717) is 29.2 Å². The average molecular weight is 383 g/mol. The molecule has 140 valence electrons. The normalized spacial score (nSPS) is 16.2. The highest BCUT2D eigenvalue weighted by Crippen LogP contribution is 2.36. The van der Waals surface area contributed by atoms with Gasteiger partial charge in [0.25, 0.3) is 0 Å². The number of hydrogen-bond donors (Lipinski definition) is 2. The molecule has 27 heavy (non-hydrogen) atoms. The molecule has 2 aromatic rings. The molecule has 5 heteroatoms. The fourth-order valence-electron chi connectivity index (χ4n) is 3.27. The van der Waals surface area contributed by atoms with Crippen molar-refractivity contribution >= 4 is 28.7 Å². The third kappa shape index (κ3) is 5.01. The van der Waals surface area contributed by atoms with Crippen LogP contribution in [0.3, 0.4) is 0 Å². The van der Waals surface area contributed by atoms with Gasteiger partial charge in [0, 0.05) is 24.4 Å². The monoisotopic (exact) mass is 382 g/mol. The summed E-state index contributed by atoms with van der Waals surface area (Å²) in [5.41, 5.74) is 3.07. The molecule has 0 heterocycles. The van der Waals surface area contributed by atoms with Crippen LogP contribution in [0.2, 0.25) is 0 Å². The summed E-state index contributed by atoms with van der Waals surface area (Å²) in [6, 6.07) is 16.0. The highest BCUT2D eigenvalue weighted by atomic mass is 32.1. The van der Waals surface area contributed by atoms with Crippen LogP contribution in [-0.2, 0) is 11.3 Å². The number of anilines is 1. The zero-order valence-electron chi connectivity index (χ0n) is 15.5. The second-order valence-corrected chi connectivity index (χ2v) is 8.00. The zero-order chi connectivity index (χ0) is 19.4. The number of allylic oxidation sites excluding steroid dienone is 1. The molecule has 0 saturated carbocycles. The first-order valence-corrected chi connectivity index (χ1v) is 9.36. The van der Waals surface area contributed by atoms with Crippen LogP contribution in [-0.4, -0.2) is 10.8 Å². The van der Waals surface area contributed by atoms with Crippen molar-refractivity contribution in [3.05, 3.63) is 77.2 Å². The molecule has 0 aromatic heterocycles. The van der Waals surface area contributed by atoms with E-state index in [1.165, 1.54) is 12.1 Å². The Morgan fingerprint density at radius 2 is 1.74 bits per heavy atom. The molecule has 0 saturated heterocycles. The molecular formula is C22H23FN2OS. The molecule has 2 aromatic carbocycles. The van der Waals surface area contributed by atoms with Gasteiger partial charge in [0.05, 0.1) is 5.57 Å². The predicted octanol–water partition coefficient (Wildman–Crippen LogP) is 5.00. The summed E-state index contributed by atoms with van der Waals surface area (Å²) in [7, 11) is 0. The van der Waals surface area contributed by atoms with Gasteiger partial charge in [-0.15, -0.1) is 0 Å². The summed E-state index contributed by atoms with van der Waals surface area (Å²) in [5.74, 6) is -0.284. The molecule has 0 fully saturated rings. The van der Waals surface area contributed by atoms with Gasteiger partial charge in [-0.1, -0.05) is 56.4 Å². The zero-order valence-corrected chi connectivity index (χ0v) is 16.3. The Morgan fingerprint density at radius 3 is 2.41 bits per heavy atom. The number of rotatable bonds is 5. The Balaban J connectivity index is 1.85. The number of carbonyl (C=O) groups is 1. The molecule has 0 amide bonds. The lowest BCUT2D eigenvalue weighted by atomic mass is 9.75. The standard InChI is InChI=1S/C22H23FN2OS/c1-22(2)12-18(24-14-15-6-4-3-5-7-15)20(19(26)13-22)21(27)25-17-10-8-16(23)9-11-17/h3-11,24H,12-14H2,1-2H3,(H,25,27). The summed E-state index contributed by atoms with van der Waals surface area (Å²) < 4.78 is 13.1. The largest absolute Gasteiger partial charge is 0.384 e. The molecule has 0 bridgehead atoms. The van der Waals surface area contributed by atoms with Gasteiger partial charge in [0.1, 0.15) is 10.8 Å². The molecule has 0 unspecified atom stereocenters. The van der Waals surface area contributed by atoms with Crippen molar-refractivity contribution in [1.82, 2.24) is 5.32 Å². The maximum Gasteiger partial charge on any atom is 0.168 e. The number of nitrogens with one attached hydrogen (secondary N) is 2. The number of ketones is 1. The molecule has 3 nitrogen and oxygen atoms in total. The lowest BCUT2D eigenvalue weighted by Crippen LogP contribution is -2.35. The highest BCUT2D eigenvalue weighted by molar-refractivity contribution is 7.81. The second kappa shape index (κ2) is 8.01. The molecule has 1 aliphatic carbocycles. The van der Waals surface area contributed by atoms with Crippen LogP contribution in [0.4, 0.5) is 10.1 Å². The molecular weight excluding hydrogens is 359 g/mol. The van der Waals surface area contributed by atoms with Crippen LogP contribution in [0.15, 0.2) is 65.9 Å². The van der Waals surface area contributed by atoms with Gasteiger partial charge < -0.3 is 10.6 Å². The first kappa shape index (κ1) is 19.2. The molecule has 3 rings (SSSR count). The van der Waals surface area contributed by atoms with Crippen molar-refractivity contribution in [2.45, 2.75) is 33.2 Å². The Labute approximate surface area is 164 Å². The summed E-state index contributed by atoms with van der Waals surface area (Å²) in [6.07, 6.45) is 1.19. The van der Waals surface area contributed by atoms with Gasteiger partial charge in [-0.2, -0.15) is 0 Å². The third-order valence-corrected chi connectivity index (χ3v) is 4.86. The van der Waals surface area contributed by atoms with E-state index in [0.717, 1.165) is 17.7 Å². The van der Waals surface area contributed by atoms with Gasteiger partial charge in [-0.3, -0.25) is 4.79 Å². The number of halogens is 1. The second-order valence-electron chi connectivity index (χ2n) is 7.59. The van der Waals surface area contributed by atoms with Crippen LogP contribution >= 0.6 is 12.2 Å². The predicted molar refractivity (Wildman–Crippen MR) is 111 cm³/mol. The minimum atomic E-state index is -0.314. The summed E-state index contributed by atoms with van der Waals surface area (Å²) in [4.78, 5) is 13.2. The third-order valence-electron chi connectivity index (χ3n) is 4.55. The van der Waals surface area contributed by atoms with E-state index in [1.807, 2.05) is 30.3 Å². The van der Waals surface area contributed by atoms with Gasteiger partial charge in [0.15, 0.2) is 5.78 Å². The maximum absolute atomic E-state index is 13.1. The van der Waals surface area contributed by atoms with Crippen molar-refractivity contribution in [2.75, 3.05) is 5.32 Å². The number of carbonyl (C=O) groups excluding carboxylic acids is 1. The van der Waals surface area contributed by atoms with E-state index in [9.17, 15) is 9.18 Å². The van der Waals surface area contributed by atoms with Crippen LogP contribution in [0.5, 0.6) is 0 Å². The van der Waals surface area contributed by atoms with Crippen molar-refractivity contribution in [2.24, 2.45) is 5.41 Å². The Morgan fingerprint density at radius 1 is 1.07 bits per heavy atom. The van der Waals surface area contributed by atoms with E-state index >= 15 is 0 Å². The van der Waals surface area contributed by atoms with Crippen LogP contribution in [0.25, 0.3) is 0 Å². The first-order valence-electron chi connectivity index (χ1n) is 8.95. The van der Waals surface area contributed by atoms with Crippen LogP contribution < -0.4 is 10.6 Å². The topological polar surface area (TPSA) is 41.1 Å². The van der Waals surface area contributed by atoms with Crippen molar-refractivity contribution < 1.29 is 9.18 Å². The van der Waals surface area contributed by atoms with Gasteiger partial charge >= 0.3 is 0 Å². The summed E-state index contributed by atoms with van der Waals surface area (Å²) in [6.45, 7) is 4.80. The minimum Gasteiger partial charge on any atom is -0.384 e. The van der Waals surface area contributed by atoms with E-state index in [-0.39, 0.29) is 17.0 Å². The van der Waals surface area contributed by atoms with Gasteiger partial charge in [-0.25, -0.2) is 4.39 Å². The summed E-state index contributed by atoms with van der Waals surface area (Å²) in [5, 5.41) is 6.49. The van der Waals surface area contributed by atoms with E-state index < -0.39 is 0 Å². The Bertz CT molecular complexity index is 873. The molecule has 0 atom stereocenters. The average Bonchev–Trinajstić information content (AvgIpc) is 2.61. The highest BCUT2D eigenvalue weighted by Gasteiger charge is 2.34. The number of thiocarbonyl (C=S) groups is 1. The first-order chi connectivity index (χ1) is 12.8. The number of hydrogen-bond acceptors (Lipinski definition) is 3. The number of benzene rings is 2. The van der Waals surface area contributed by atoms with E-state index in [1.54, 1.807) is 12.1 Å². The molecule has 0 spiro atoms. The molecule has 0 radical (unpaired) electrons. The lowest BCUT2D eigenvalue weighted by Gasteiger charge is -2.33. The van der Waals surface area contributed by atoms with Crippen molar-refractivity contribution in [3.8, 4) is 0 Å². The fourth-order valence-corrected chi connectivity index (χ4v) is 3.62. The van der Waals surface area contributed by atoms with Gasteiger partial charge in [-0.05, 0) is 41.7 Å². The minimum absolute atomic E-state index is 0.0291. The Kier molecular flexibility index (Phi) is 5.71. The number of Topliss-reactive ketones (excluding diaryl/α,β-unsaturated/α-hetero) is 1. The maximum atomic E-state index is 13.1. The summed E-state index contributed by atoms with van der Waals surface area (Å²) >= 11 is 5.53. The molecule has 0 aliphatic heterocycles. The lowest BCUT2D eigenvalue weighted by molar-refractivity contribution is -0.117. The van der Waals surface area contributed by atoms with E-state index in [2.05, 4.69) is 24.5 Å². The van der Waals surface area contributed by atoms with Crippen molar-refractivity contribution in [3.63, 3.8) is 0 Å². The quantitative estimate of drug-likeness (QED) is 0.714. The smallest absolute Gasteiger partial charge is 0.168 e. The SMILES string of the molecule is CC1(C)CC(=O)C(C(=S)Nc2ccc(F)cc2)=C(NCc2ccccc2)C1. The van der Waals surface area contributed by atoms with Crippen molar-refractivity contribution in [1.29, 1.82) is 0 Å². The van der Waals surface area contributed by atoms with Crippen LogP contribution in [0.1, 0.15) is 32.3 Å². The van der Waals surface area contributed by atoms with Gasteiger partial charge in [0.2, 0.25) is 0 Å². The fraction of sp³-hybridized carbons (Fsp3) is 0.273. The Hall–Kier alpha value is -2.53. The molecule has 2 N–H and O–H groups in total. The van der Waals surface area contributed by atoms with E-state index in [4.69, 9.17) is 12.2 Å². The molecule has 1 aliphatic rings. The van der Waals surface area contributed by atoms with Crippen LogP contribution in [0, 0.1) is 11.2 Å².